The van der Waals surface area contributed by atoms with E-state index in [9.17, 15) is 0 Å². The number of rotatable bonds is 5. The van der Waals surface area contributed by atoms with Crippen LogP contribution >= 0.6 is 22.9 Å². The predicted molar refractivity (Wildman–Crippen MR) is 99.3 cm³/mol. The summed E-state index contributed by atoms with van der Waals surface area (Å²) in [6, 6.07) is 7.33. The molecular formula is C16H20ClN5OS. The van der Waals surface area contributed by atoms with Gasteiger partial charge in [-0.05, 0) is 18.2 Å². The second-order valence-electron chi connectivity index (χ2n) is 5.33. The molecule has 0 saturated carbocycles. The number of nitrogens with two attached hydrogens (primary N) is 1. The van der Waals surface area contributed by atoms with Crippen molar-refractivity contribution in [3.05, 3.63) is 40.9 Å². The zero-order valence-corrected chi connectivity index (χ0v) is 14.8. The number of anilines is 1. The van der Waals surface area contributed by atoms with Crippen molar-refractivity contribution in [2.45, 2.75) is 0 Å². The van der Waals surface area contributed by atoms with Gasteiger partial charge in [0.05, 0.1) is 6.54 Å². The van der Waals surface area contributed by atoms with Gasteiger partial charge in [-0.2, -0.15) is 0 Å². The number of aromatic nitrogens is 1. The Labute approximate surface area is 150 Å². The van der Waals surface area contributed by atoms with Crippen LogP contribution in [0.25, 0.3) is 0 Å². The molecule has 8 heteroatoms. The normalized spacial score (nSPS) is 15.6. The topological polar surface area (TPSA) is 67.0 Å². The number of ether oxygens (including phenoxy) is 1. The van der Waals surface area contributed by atoms with Crippen LogP contribution in [0.5, 0.6) is 5.75 Å². The molecule has 1 aromatic heterocycles. The summed E-state index contributed by atoms with van der Waals surface area (Å²) in [6.45, 7) is 4.50. The summed E-state index contributed by atoms with van der Waals surface area (Å²) in [7, 11) is 0. The Balaban J connectivity index is 1.41. The zero-order valence-electron chi connectivity index (χ0n) is 13.3. The van der Waals surface area contributed by atoms with E-state index in [1.165, 1.54) is 0 Å². The maximum Gasteiger partial charge on any atom is 0.191 e. The van der Waals surface area contributed by atoms with Gasteiger partial charge in [-0.15, -0.1) is 11.3 Å². The van der Waals surface area contributed by atoms with Crippen molar-refractivity contribution in [2.75, 3.05) is 44.2 Å². The SMILES string of the molecule is NC(=NCCOc1cccc(Cl)c1)N1CCN(c2nccs2)CC1. The highest BCUT2D eigenvalue weighted by molar-refractivity contribution is 7.13. The van der Waals surface area contributed by atoms with E-state index in [-0.39, 0.29) is 0 Å². The molecule has 0 spiro atoms. The second kappa shape index (κ2) is 8.21. The number of piperazine rings is 1. The van der Waals surface area contributed by atoms with Crippen molar-refractivity contribution >= 4 is 34.0 Å². The summed E-state index contributed by atoms with van der Waals surface area (Å²) >= 11 is 7.58. The maximum atomic E-state index is 6.08. The number of hydrogen-bond acceptors (Lipinski definition) is 5. The van der Waals surface area contributed by atoms with E-state index in [1.807, 2.05) is 29.8 Å². The van der Waals surface area contributed by atoms with E-state index >= 15 is 0 Å². The molecule has 2 aromatic rings. The van der Waals surface area contributed by atoms with Gasteiger partial charge in [-0.3, -0.25) is 0 Å². The summed E-state index contributed by atoms with van der Waals surface area (Å²) in [5.74, 6) is 1.32. The van der Waals surface area contributed by atoms with Crippen molar-refractivity contribution in [3.8, 4) is 5.75 Å². The van der Waals surface area contributed by atoms with Gasteiger partial charge in [0.15, 0.2) is 11.1 Å². The van der Waals surface area contributed by atoms with Gasteiger partial charge in [0, 0.05) is 42.8 Å². The molecule has 24 heavy (non-hydrogen) atoms. The highest BCUT2D eigenvalue weighted by atomic mass is 35.5. The number of aliphatic imine (C=N–C) groups is 1. The highest BCUT2D eigenvalue weighted by Gasteiger charge is 2.19. The van der Waals surface area contributed by atoms with Crippen molar-refractivity contribution < 1.29 is 4.74 Å². The third-order valence-corrected chi connectivity index (χ3v) is 4.79. The predicted octanol–water partition coefficient (Wildman–Crippen LogP) is 2.31. The van der Waals surface area contributed by atoms with Crippen LogP contribution in [-0.4, -0.2) is 55.2 Å². The molecule has 1 fully saturated rings. The molecule has 0 atom stereocenters. The van der Waals surface area contributed by atoms with E-state index in [0.717, 1.165) is 37.1 Å². The lowest BCUT2D eigenvalue weighted by molar-refractivity contribution is 0.326. The van der Waals surface area contributed by atoms with Crippen molar-refractivity contribution in [1.82, 2.24) is 9.88 Å². The van der Waals surface area contributed by atoms with Crippen LogP contribution in [0.3, 0.4) is 0 Å². The van der Waals surface area contributed by atoms with E-state index in [2.05, 4.69) is 19.8 Å². The Hall–Kier alpha value is -1.99. The second-order valence-corrected chi connectivity index (χ2v) is 6.64. The fraction of sp³-hybridized carbons (Fsp3) is 0.375. The molecule has 0 radical (unpaired) electrons. The fourth-order valence-electron chi connectivity index (χ4n) is 2.48. The average molecular weight is 366 g/mol. The first kappa shape index (κ1) is 16.9. The van der Waals surface area contributed by atoms with Gasteiger partial charge in [0.25, 0.3) is 0 Å². The molecule has 0 bridgehead atoms. The van der Waals surface area contributed by atoms with Crippen LogP contribution in [0.4, 0.5) is 5.13 Å². The lowest BCUT2D eigenvalue weighted by Crippen LogP contribution is -2.51. The molecule has 3 rings (SSSR count). The molecule has 0 amide bonds. The minimum Gasteiger partial charge on any atom is -0.492 e. The molecule has 0 aliphatic carbocycles. The number of thiazole rings is 1. The van der Waals surface area contributed by atoms with Crippen LogP contribution in [0.15, 0.2) is 40.8 Å². The Kier molecular flexibility index (Phi) is 5.77. The number of hydrogen-bond donors (Lipinski definition) is 1. The number of benzene rings is 1. The first-order chi connectivity index (χ1) is 11.7. The molecular weight excluding hydrogens is 346 g/mol. The minimum atomic E-state index is 0.472. The first-order valence-corrected chi connectivity index (χ1v) is 9.06. The lowest BCUT2D eigenvalue weighted by atomic mass is 10.3. The molecule has 2 heterocycles. The fourth-order valence-corrected chi connectivity index (χ4v) is 3.36. The lowest BCUT2D eigenvalue weighted by Gasteiger charge is -2.35. The monoisotopic (exact) mass is 365 g/mol. The first-order valence-electron chi connectivity index (χ1n) is 7.80. The van der Waals surface area contributed by atoms with Gasteiger partial charge in [0.1, 0.15) is 12.4 Å². The summed E-state index contributed by atoms with van der Waals surface area (Å²) in [6.07, 6.45) is 1.84. The highest BCUT2D eigenvalue weighted by Crippen LogP contribution is 2.19. The molecule has 1 saturated heterocycles. The third-order valence-electron chi connectivity index (χ3n) is 3.72. The Morgan fingerprint density at radius 1 is 1.33 bits per heavy atom. The molecule has 1 aliphatic heterocycles. The smallest absolute Gasteiger partial charge is 0.191 e. The molecule has 1 aliphatic rings. The average Bonchev–Trinajstić information content (AvgIpc) is 3.13. The number of nitrogens with zero attached hydrogens (tertiary/aromatic N) is 4. The molecule has 0 unspecified atom stereocenters. The number of halogens is 1. The van der Waals surface area contributed by atoms with Gasteiger partial charge in [-0.1, -0.05) is 17.7 Å². The quantitative estimate of drug-likeness (QED) is 0.500. The molecule has 6 nitrogen and oxygen atoms in total. The molecule has 128 valence electrons. The van der Waals surface area contributed by atoms with Crippen molar-refractivity contribution in [1.29, 1.82) is 0 Å². The van der Waals surface area contributed by atoms with Gasteiger partial charge in [-0.25, -0.2) is 9.98 Å². The van der Waals surface area contributed by atoms with Crippen molar-refractivity contribution in [2.24, 2.45) is 10.7 Å². The summed E-state index contributed by atoms with van der Waals surface area (Å²) in [4.78, 5) is 13.1. The van der Waals surface area contributed by atoms with E-state index in [1.54, 1.807) is 17.4 Å². The Morgan fingerprint density at radius 2 is 2.17 bits per heavy atom. The van der Waals surface area contributed by atoms with Crippen molar-refractivity contribution in [3.63, 3.8) is 0 Å². The van der Waals surface area contributed by atoms with Crippen LogP contribution < -0.4 is 15.4 Å². The molecule has 1 aromatic carbocycles. The summed E-state index contributed by atoms with van der Waals surface area (Å²) < 4.78 is 5.61. The van der Waals surface area contributed by atoms with Gasteiger partial charge >= 0.3 is 0 Å². The maximum absolute atomic E-state index is 6.08. The van der Waals surface area contributed by atoms with E-state index in [0.29, 0.717) is 24.1 Å². The van der Waals surface area contributed by atoms with E-state index in [4.69, 9.17) is 22.1 Å². The Morgan fingerprint density at radius 3 is 2.88 bits per heavy atom. The zero-order chi connectivity index (χ0) is 16.8. The summed E-state index contributed by atoms with van der Waals surface area (Å²) in [5, 5.41) is 3.73. The Bertz CT molecular complexity index is 671. The molecule has 2 N–H and O–H groups in total. The third kappa shape index (κ3) is 4.52. The van der Waals surface area contributed by atoms with Crippen LogP contribution in [-0.2, 0) is 0 Å². The van der Waals surface area contributed by atoms with E-state index < -0.39 is 0 Å². The number of guanidine groups is 1. The van der Waals surface area contributed by atoms with Crippen LogP contribution in [0.2, 0.25) is 5.02 Å². The van der Waals surface area contributed by atoms with Crippen LogP contribution in [0.1, 0.15) is 0 Å². The summed E-state index contributed by atoms with van der Waals surface area (Å²) in [5.41, 5.74) is 6.08. The standard InChI is InChI=1S/C16H20ClN5OS/c17-13-2-1-3-14(12-13)23-10-4-19-15(18)21-6-8-22(9-7-21)16-20-5-11-24-16/h1-3,5,11-12H,4,6-10H2,(H2,18,19). The van der Waals surface area contributed by atoms with Gasteiger partial charge < -0.3 is 20.3 Å². The minimum absolute atomic E-state index is 0.472. The van der Waals surface area contributed by atoms with Crippen LogP contribution in [0, 0.1) is 0 Å². The largest absolute Gasteiger partial charge is 0.492 e. The van der Waals surface area contributed by atoms with Gasteiger partial charge in [0.2, 0.25) is 0 Å².